The maximum Gasteiger partial charge on any atom is 0.220 e. The Balaban J connectivity index is 3.83. The molecule has 0 rings (SSSR count). The first-order valence-corrected chi connectivity index (χ1v) is 19.9. The number of rotatable bonds is 36. The van der Waals surface area contributed by atoms with Gasteiger partial charge in [0.2, 0.25) is 5.91 Å². The highest BCUT2D eigenvalue weighted by Gasteiger charge is 2.22. The highest BCUT2D eigenvalue weighted by Crippen LogP contribution is 2.15. The fraction of sp³-hybridized carbons (Fsp3) is 0.974. The van der Waals surface area contributed by atoms with Gasteiger partial charge in [-0.25, -0.2) is 0 Å². The van der Waals surface area contributed by atoms with Crippen LogP contribution in [0, 0.1) is 0 Å². The molecule has 0 aromatic rings. The molecule has 0 saturated carbocycles. The van der Waals surface area contributed by atoms with Crippen LogP contribution in [-0.2, 0) is 4.79 Å². The van der Waals surface area contributed by atoms with Gasteiger partial charge in [-0.3, -0.25) is 9.69 Å². The number of quaternary nitrogens is 1. The number of carbonyl (C=O) groups is 1. The molecule has 0 aliphatic carbocycles. The van der Waals surface area contributed by atoms with Crippen molar-refractivity contribution in [2.75, 3.05) is 60.0 Å². The highest BCUT2D eigenvalue weighted by molar-refractivity contribution is 5.75. The van der Waals surface area contributed by atoms with Gasteiger partial charge in [-0.2, -0.15) is 0 Å². The molecule has 0 fully saturated rings. The van der Waals surface area contributed by atoms with Crippen molar-refractivity contribution in [1.82, 2.24) is 10.2 Å². The standard InChI is InChI=1S/C39H81N3O3/c1-5-7-9-11-13-15-16-17-18-19-20-21-23-25-27-29-34-42(3,4)37-38(44)36-41(33-35-43)32-31-40-39(45)30-28-26-24-22-14-12-10-8-6-2/h38,43-44H,5-37H2,1-4H3/p+1. The number of nitrogens with zero attached hydrogens (tertiary/aromatic N) is 2. The predicted octanol–water partition coefficient (Wildman–Crippen LogP) is 9.02. The number of unbranched alkanes of at least 4 members (excludes halogenated alkanes) is 23. The summed E-state index contributed by atoms with van der Waals surface area (Å²) < 4.78 is 0.822. The number of likely N-dealkylation sites (N-methyl/N-ethyl adjacent to an activating group) is 1. The Labute approximate surface area is 282 Å². The summed E-state index contributed by atoms with van der Waals surface area (Å²) in [6.07, 6.45) is 33.7. The zero-order valence-corrected chi connectivity index (χ0v) is 31.1. The van der Waals surface area contributed by atoms with E-state index < -0.39 is 6.10 Å². The maximum absolute atomic E-state index is 12.3. The highest BCUT2D eigenvalue weighted by atomic mass is 16.3. The Morgan fingerprint density at radius 2 is 1.02 bits per heavy atom. The Morgan fingerprint density at radius 1 is 0.622 bits per heavy atom. The number of carbonyl (C=O) groups excluding carboxylic acids is 1. The van der Waals surface area contributed by atoms with E-state index in [1.54, 1.807) is 0 Å². The molecule has 0 bridgehead atoms. The van der Waals surface area contributed by atoms with Crippen molar-refractivity contribution < 1.29 is 19.5 Å². The minimum absolute atomic E-state index is 0.0660. The van der Waals surface area contributed by atoms with Crippen LogP contribution in [0.4, 0.5) is 0 Å². The quantitative estimate of drug-likeness (QED) is 0.0472. The third kappa shape index (κ3) is 33.0. The Morgan fingerprint density at radius 3 is 1.44 bits per heavy atom. The lowest BCUT2D eigenvalue weighted by Gasteiger charge is -2.33. The molecule has 0 saturated heterocycles. The number of aliphatic hydroxyl groups is 2. The first-order chi connectivity index (χ1) is 21.8. The van der Waals surface area contributed by atoms with Gasteiger partial charge in [-0.15, -0.1) is 0 Å². The third-order valence-electron chi connectivity index (χ3n) is 9.46. The summed E-state index contributed by atoms with van der Waals surface area (Å²) in [5.41, 5.74) is 0. The summed E-state index contributed by atoms with van der Waals surface area (Å²) in [5.74, 6) is 0.124. The van der Waals surface area contributed by atoms with Crippen molar-refractivity contribution in [1.29, 1.82) is 0 Å². The van der Waals surface area contributed by atoms with Crippen LogP contribution in [0.2, 0.25) is 0 Å². The van der Waals surface area contributed by atoms with Crippen LogP contribution in [0.1, 0.15) is 181 Å². The van der Waals surface area contributed by atoms with E-state index in [0.717, 1.165) is 23.9 Å². The molecule has 1 amide bonds. The van der Waals surface area contributed by atoms with Crippen molar-refractivity contribution in [2.45, 2.75) is 187 Å². The monoisotopic (exact) mass is 641 g/mol. The molecule has 45 heavy (non-hydrogen) atoms. The molecule has 3 N–H and O–H groups in total. The van der Waals surface area contributed by atoms with Gasteiger partial charge >= 0.3 is 0 Å². The fourth-order valence-electron chi connectivity index (χ4n) is 6.58. The van der Waals surface area contributed by atoms with E-state index >= 15 is 0 Å². The van der Waals surface area contributed by atoms with E-state index in [1.807, 2.05) is 0 Å². The summed E-state index contributed by atoms with van der Waals surface area (Å²) in [4.78, 5) is 14.3. The van der Waals surface area contributed by atoms with Gasteiger partial charge in [0.15, 0.2) is 0 Å². The zero-order valence-electron chi connectivity index (χ0n) is 31.1. The summed E-state index contributed by atoms with van der Waals surface area (Å²) >= 11 is 0. The van der Waals surface area contributed by atoms with E-state index in [-0.39, 0.29) is 12.5 Å². The molecule has 0 spiro atoms. The number of aliphatic hydroxyl groups excluding tert-OH is 2. The average molecular weight is 641 g/mol. The molecule has 0 radical (unpaired) electrons. The molecular weight excluding hydrogens is 558 g/mol. The first kappa shape index (κ1) is 44.3. The van der Waals surface area contributed by atoms with E-state index in [1.165, 1.54) is 148 Å². The zero-order chi connectivity index (χ0) is 33.3. The van der Waals surface area contributed by atoms with Crippen LogP contribution in [0.3, 0.4) is 0 Å². The second-order valence-electron chi connectivity index (χ2n) is 14.8. The molecular formula is C39H82N3O3+. The van der Waals surface area contributed by atoms with Crippen molar-refractivity contribution in [2.24, 2.45) is 0 Å². The molecule has 0 aromatic heterocycles. The van der Waals surface area contributed by atoms with Gasteiger partial charge in [0.05, 0.1) is 27.2 Å². The normalized spacial score (nSPS) is 12.7. The smallest absolute Gasteiger partial charge is 0.220 e. The number of amides is 1. The van der Waals surface area contributed by atoms with E-state index in [4.69, 9.17) is 0 Å². The van der Waals surface area contributed by atoms with Crippen molar-refractivity contribution in [3.8, 4) is 0 Å². The van der Waals surface area contributed by atoms with Crippen LogP contribution in [0.5, 0.6) is 0 Å². The molecule has 1 atom stereocenters. The molecule has 0 heterocycles. The molecule has 6 nitrogen and oxygen atoms in total. The summed E-state index contributed by atoms with van der Waals surface area (Å²) in [6.45, 7) is 8.70. The van der Waals surface area contributed by atoms with Gasteiger partial charge in [0.1, 0.15) is 12.6 Å². The van der Waals surface area contributed by atoms with Crippen LogP contribution in [0.15, 0.2) is 0 Å². The molecule has 270 valence electrons. The largest absolute Gasteiger partial charge is 0.395 e. The average Bonchev–Trinajstić information content (AvgIpc) is 2.99. The molecule has 1 unspecified atom stereocenters. The Kier molecular flexibility index (Phi) is 32.7. The summed E-state index contributed by atoms with van der Waals surface area (Å²) in [7, 11) is 4.44. The lowest BCUT2D eigenvalue weighted by Crippen LogP contribution is -2.50. The van der Waals surface area contributed by atoms with Gasteiger partial charge < -0.3 is 20.0 Å². The number of hydrogen-bond donors (Lipinski definition) is 3. The fourth-order valence-corrected chi connectivity index (χ4v) is 6.58. The van der Waals surface area contributed by atoms with Gasteiger partial charge in [0, 0.05) is 32.6 Å². The van der Waals surface area contributed by atoms with E-state index in [2.05, 4.69) is 38.2 Å². The van der Waals surface area contributed by atoms with Crippen LogP contribution in [-0.4, -0.2) is 91.6 Å². The number of hydrogen-bond acceptors (Lipinski definition) is 4. The second kappa shape index (κ2) is 33.2. The maximum atomic E-state index is 12.3. The van der Waals surface area contributed by atoms with Gasteiger partial charge in [-0.1, -0.05) is 155 Å². The lowest BCUT2D eigenvalue weighted by atomic mass is 10.0. The summed E-state index contributed by atoms with van der Waals surface area (Å²) in [6, 6.07) is 0. The Hall–Kier alpha value is -0.690. The van der Waals surface area contributed by atoms with Gasteiger partial charge in [-0.05, 0) is 19.3 Å². The van der Waals surface area contributed by atoms with Crippen LogP contribution < -0.4 is 5.32 Å². The van der Waals surface area contributed by atoms with Crippen LogP contribution >= 0.6 is 0 Å². The van der Waals surface area contributed by atoms with E-state index in [9.17, 15) is 15.0 Å². The SMILES string of the molecule is CCCCCCCCCCCCCCCCCC[N+](C)(C)CC(O)CN(CCO)CCNC(=O)CCCCCCCCCCC. The number of nitrogens with one attached hydrogen (secondary N) is 1. The van der Waals surface area contributed by atoms with Crippen molar-refractivity contribution in [3.63, 3.8) is 0 Å². The third-order valence-corrected chi connectivity index (χ3v) is 9.46. The molecule has 0 aliphatic heterocycles. The van der Waals surface area contributed by atoms with Crippen molar-refractivity contribution in [3.05, 3.63) is 0 Å². The second-order valence-corrected chi connectivity index (χ2v) is 14.8. The Bertz CT molecular complexity index is 616. The summed E-state index contributed by atoms with van der Waals surface area (Å²) in [5, 5.41) is 23.4. The molecule has 0 aromatic carbocycles. The van der Waals surface area contributed by atoms with Gasteiger partial charge in [0.25, 0.3) is 0 Å². The topological polar surface area (TPSA) is 72.8 Å². The minimum Gasteiger partial charge on any atom is -0.395 e. The van der Waals surface area contributed by atoms with E-state index in [0.29, 0.717) is 39.1 Å². The predicted molar refractivity (Wildman–Crippen MR) is 196 cm³/mol. The minimum atomic E-state index is -0.440. The molecule has 6 heteroatoms. The first-order valence-electron chi connectivity index (χ1n) is 19.9. The van der Waals surface area contributed by atoms with Crippen LogP contribution in [0.25, 0.3) is 0 Å². The van der Waals surface area contributed by atoms with Crippen molar-refractivity contribution >= 4 is 5.91 Å². The molecule has 0 aliphatic rings. The lowest BCUT2D eigenvalue weighted by molar-refractivity contribution is -0.893.